The fourth-order valence-electron chi connectivity index (χ4n) is 2.72. The Morgan fingerprint density at radius 2 is 1.72 bits per heavy atom. The summed E-state index contributed by atoms with van der Waals surface area (Å²) in [6.45, 7) is 1.66. The minimum atomic E-state index is -0.609. The monoisotopic (exact) mass is 436 g/mol. The Labute approximate surface area is 183 Å². The van der Waals surface area contributed by atoms with Crippen molar-refractivity contribution in [3.8, 4) is 17.2 Å². The number of hydrogen-bond donors (Lipinski definition) is 1. The van der Waals surface area contributed by atoms with Gasteiger partial charge in [-0.3, -0.25) is 14.9 Å². The van der Waals surface area contributed by atoms with Gasteiger partial charge in [-0.2, -0.15) is 0 Å². The molecule has 0 spiro atoms. The highest BCUT2D eigenvalue weighted by atomic mass is 16.6. The second-order valence-corrected chi connectivity index (χ2v) is 6.43. The number of nitrogens with one attached hydrogen (secondary N) is 1. The summed E-state index contributed by atoms with van der Waals surface area (Å²) >= 11 is 0. The van der Waals surface area contributed by atoms with Gasteiger partial charge in [-0.1, -0.05) is 24.3 Å². The second-order valence-electron chi connectivity index (χ2n) is 6.43. The number of hydrogen-bond acceptors (Lipinski definition) is 7. The third kappa shape index (κ3) is 6.05. The van der Waals surface area contributed by atoms with Crippen LogP contribution in [0.3, 0.4) is 0 Å². The van der Waals surface area contributed by atoms with Crippen molar-refractivity contribution < 1.29 is 28.7 Å². The van der Waals surface area contributed by atoms with Gasteiger partial charge in [0.1, 0.15) is 17.2 Å². The van der Waals surface area contributed by atoms with Crippen LogP contribution in [0.2, 0.25) is 0 Å². The lowest BCUT2D eigenvalue weighted by atomic mass is 10.1. The van der Waals surface area contributed by atoms with E-state index >= 15 is 0 Å². The zero-order chi connectivity index (χ0) is 22.9. The van der Waals surface area contributed by atoms with Crippen molar-refractivity contribution in [1.29, 1.82) is 0 Å². The molecule has 0 saturated heterocycles. The minimum Gasteiger partial charge on any atom is -0.482 e. The molecule has 1 amide bonds. The number of rotatable bonds is 9. The summed E-state index contributed by atoms with van der Waals surface area (Å²) in [6, 6.07) is 18.9. The number of benzene rings is 3. The first-order chi connectivity index (χ1) is 15.5. The van der Waals surface area contributed by atoms with E-state index in [1.807, 2.05) is 6.07 Å². The number of para-hydroxylation sites is 1. The number of ether oxygens (including phenoxy) is 3. The predicted molar refractivity (Wildman–Crippen MR) is 116 cm³/mol. The maximum atomic E-state index is 12.9. The summed E-state index contributed by atoms with van der Waals surface area (Å²) in [7, 11) is 0. The number of esters is 1. The maximum absolute atomic E-state index is 12.9. The lowest BCUT2D eigenvalue weighted by molar-refractivity contribution is -0.384. The molecule has 3 aromatic carbocycles. The molecule has 1 N–H and O–H groups in total. The van der Waals surface area contributed by atoms with Crippen LogP contribution in [0, 0.1) is 10.1 Å². The Hall–Kier alpha value is -4.40. The van der Waals surface area contributed by atoms with Gasteiger partial charge in [0.15, 0.2) is 6.61 Å². The molecule has 0 heterocycles. The SMILES string of the molecule is CCOC(=O)COc1cccc(NC(=O)c2cc([N+](=O)[O-])ccc2Oc2ccccc2)c1. The molecule has 32 heavy (non-hydrogen) atoms. The molecule has 0 atom stereocenters. The maximum Gasteiger partial charge on any atom is 0.344 e. The van der Waals surface area contributed by atoms with Crippen LogP contribution in [0.1, 0.15) is 17.3 Å². The summed E-state index contributed by atoms with van der Waals surface area (Å²) in [4.78, 5) is 35.0. The van der Waals surface area contributed by atoms with E-state index in [9.17, 15) is 19.7 Å². The van der Waals surface area contributed by atoms with Gasteiger partial charge >= 0.3 is 5.97 Å². The number of nitrogens with zero attached hydrogens (tertiary/aromatic N) is 1. The molecule has 164 valence electrons. The largest absolute Gasteiger partial charge is 0.482 e. The average molecular weight is 436 g/mol. The van der Waals surface area contributed by atoms with Crippen molar-refractivity contribution in [3.05, 3.63) is 88.5 Å². The molecule has 0 radical (unpaired) electrons. The third-order valence-electron chi connectivity index (χ3n) is 4.14. The van der Waals surface area contributed by atoms with Crippen LogP contribution in [0.4, 0.5) is 11.4 Å². The molecular weight excluding hydrogens is 416 g/mol. The third-order valence-corrected chi connectivity index (χ3v) is 4.14. The van der Waals surface area contributed by atoms with E-state index in [4.69, 9.17) is 14.2 Å². The molecule has 0 aliphatic heterocycles. The Balaban J connectivity index is 1.80. The zero-order valence-electron chi connectivity index (χ0n) is 17.1. The minimum absolute atomic E-state index is 0.0131. The first-order valence-corrected chi connectivity index (χ1v) is 9.67. The highest BCUT2D eigenvalue weighted by Gasteiger charge is 2.19. The Kier molecular flexibility index (Phi) is 7.37. The number of carbonyl (C=O) groups is 2. The van der Waals surface area contributed by atoms with Crippen molar-refractivity contribution in [1.82, 2.24) is 0 Å². The van der Waals surface area contributed by atoms with E-state index in [1.54, 1.807) is 49.4 Å². The molecule has 0 fully saturated rings. The molecule has 0 bridgehead atoms. The fourth-order valence-corrected chi connectivity index (χ4v) is 2.72. The van der Waals surface area contributed by atoms with E-state index < -0.39 is 16.8 Å². The van der Waals surface area contributed by atoms with Gasteiger partial charge in [-0.15, -0.1) is 0 Å². The summed E-state index contributed by atoms with van der Waals surface area (Å²) < 4.78 is 15.9. The zero-order valence-corrected chi connectivity index (χ0v) is 17.1. The second kappa shape index (κ2) is 10.6. The van der Waals surface area contributed by atoms with Gasteiger partial charge in [-0.25, -0.2) is 4.79 Å². The normalized spacial score (nSPS) is 10.2. The summed E-state index contributed by atoms with van der Waals surface area (Å²) in [5.74, 6) is -0.141. The van der Waals surface area contributed by atoms with E-state index in [1.165, 1.54) is 18.2 Å². The van der Waals surface area contributed by atoms with Crippen LogP contribution in [-0.4, -0.2) is 30.0 Å². The van der Waals surface area contributed by atoms with E-state index in [0.717, 1.165) is 6.07 Å². The smallest absolute Gasteiger partial charge is 0.344 e. The number of nitro groups is 1. The van der Waals surface area contributed by atoms with Crippen molar-refractivity contribution in [2.75, 3.05) is 18.5 Å². The van der Waals surface area contributed by atoms with Crippen LogP contribution in [0.25, 0.3) is 0 Å². The van der Waals surface area contributed by atoms with Crippen LogP contribution in [0.5, 0.6) is 17.2 Å². The summed E-state index contributed by atoms with van der Waals surface area (Å²) in [6.07, 6.45) is 0. The van der Waals surface area contributed by atoms with Crippen LogP contribution >= 0.6 is 0 Å². The quantitative estimate of drug-likeness (QED) is 0.296. The topological polar surface area (TPSA) is 117 Å². The van der Waals surface area contributed by atoms with Crippen LogP contribution in [-0.2, 0) is 9.53 Å². The average Bonchev–Trinajstić information content (AvgIpc) is 2.79. The molecule has 3 rings (SSSR count). The van der Waals surface area contributed by atoms with Crippen LogP contribution in [0.15, 0.2) is 72.8 Å². The first-order valence-electron chi connectivity index (χ1n) is 9.67. The fraction of sp³-hybridized carbons (Fsp3) is 0.130. The van der Waals surface area contributed by atoms with Crippen molar-refractivity contribution in [2.45, 2.75) is 6.92 Å². The van der Waals surface area contributed by atoms with E-state index in [2.05, 4.69) is 5.32 Å². The lowest BCUT2D eigenvalue weighted by Crippen LogP contribution is -2.15. The Bertz CT molecular complexity index is 1120. The summed E-state index contributed by atoms with van der Waals surface area (Å²) in [5, 5.41) is 13.9. The number of non-ortho nitro benzene ring substituents is 1. The van der Waals surface area contributed by atoms with Crippen LogP contribution < -0.4 is 14.8 Å². The number of nitro benzene ring substituents is 1. The molecular formula is C23H20N2O7. The lowest BCUT2D eigenvalue weighted by Gasteiger charge is -2.12. The summed E-state index contributed by atoms with van der Waals surface area (Å²) in [5.41, 5.74) is 0.108. The van der Waals surface area contributed by atoms with Gasteiger partial charge in [-0.05, 0) is 37.3 Å². The Morgan fingerprint density at radius 3 is 2.44 bits per heavy atom. The molecule has 3 aromatic rings. The standard InChI is InChI=1S/C23H20N2O7/c1-2-30-22(26)15-31-19-10-6-7-16(13-19)24-23(27)20-14-17(25(28)29)11-12-21(20)32-18-8-4-3-5-9-18/h3-14H,2,15H2,1H3,(H,24,27). The van der Waals surface area contributed by atoms with Gasteiger partial charge in [0.25, 0.3) is 11.6 Å². The highest BCUT2D eigenvalue weighted by molar-refractivity contribution is 6.06. The van der Waals surface area contributed by atoms with Gasteiger partial charge < -0.3 is 19.5 Å². The number of amides is 1. The predicted octanol–water partition coefficient (Wildman–Crippen LogP) is 4.58. The van der Waals surface area contributed by atoms with Gasteiger partial charge in [0.05, 0.1) is 17.1 Å². The van der Waals surface area contributed by atoms with Gasteiger partial charge in [0.2, 0.25) is 0 Å². The number of anilines is 1. The van der Waals surface area contributed by atoms with E-state index in [-0.39, 0.29) is 30.2 Å². The number of carbonyl (C=O) groups excluding carboxylic acids is 2. The van der Waals surface area contributed by atoms with Crippen molar-refractivity contribution >= 4 is 23.3 Å². The molecule has 0 aliphatic rings. The van der Waals surface area contributed by atoms with E-state index in [0.29, 0.717) is 17.2 Å². The first kappa shape index (κ1) is 22.3. The van der Waals surface area contributed by atoms with Gasteiger partial charge in [0, 0.05) is 23.9 Å². The Morgan fingerprint density at radius 1 is 0.969 bits per heavy atom. The molecule has 9 nitrogen and oxygen atoms in total. The molecule has 0 unspecified atom stereocenters. The molecule has 0 aliphatic carbocycles. The van der Waals surface area contributed by atoms with Crippen molar-refractivity contribution in [2.24, 2.45) is 0 Å². The van der Waals surface area contributed by atoms with Crippen molar-refractivity contribution in [3.63, 3.8) is 0 Å². The molecule has 0 saturated carbocycles. The highest BCUT2D eigenvalue weighted by Crippen LogP contribution is 2.30. The molecule has 9 heteroatoms. The molecule has 0 aromatic heterocycles.